The van der Waals surface area contributed by atoms with Gasteiger partial charge in [-0.05, 0) is 60.4 Å². The van der Waals surface area contributed by atoms with Crippen LogP contribution in [0.4, 0.5) is 0 Å². The van der Waals surface area contributed by atoms with Crippen LogP contribution in [-0.2, 0) is 12.8 Å². The van der Waals surface area contributed by atoms with Crippen molar-refractivity contribution in [2.24, 2.45) is 0 Å². The van der Waals surface area contributed by atoms with E-state index < -0.39 is 0 Å². The first-order valence-corrected chi connectivity index (χ1v) is 17.3. The van der Waals surface area contributed by atoms with E-state index in [2.05, 4.69) is 34.2 Å². The summed E-state index contributed by atoms with van der Waals surface area (Å²) in [5.41, 5.74) is 5.28. The number of carbonyl (C=O) groups excluding carboxylic acids is 2. The van der Waals surface area contributed by atoms with Gasteiger partial charge >= 0.3 is 0 Å². The van der Waals surface area contributed by atoms with Gasteiger partial charge < -0.3 is 9.80 Å². The van der Waals surface area contributed by atoms with Crippen LogP contribution in [0.25, 0.3) is 21.8 Å². The monoisotopic (exact) mass is 642 g/mol. The molecule has 0 unspecified atom stereocenters. The lowest BCUT2D eigenvalue weighted by Gasteiger charge is -2.19. The molecule has 2 heterocycles. The Labute approximate surface area is 277 Å². The molecule has 0 saturated carbocycles. The number of nitrogens with zero attached hydrogens (tertiary/aromatic N) is 4. The Hall–Kier alpha value is -4.66. The Bertz CT molecular complexity index is 1840. The van der Waals surface area contributed by atoms with Gasteiger partial charge in [-0.15, -0.1) is 0 Å². The summed E-state index contributed by atoms with van der Waals surface area (Å²) in [5, 5.41) is 1.81. The molecule has 0 radical (unpaired) electrons. The summed E-state index contributed by atoms with van der Waals surface area (Å²) in [4.78, 5) is 41.8. The van der Waals surface area contributed by atoms with E-state index in [1.54, 1.807) is 22.2 Å². The van der Waals surface area contributed by atoms with Gasteiger partial charge in [0.1, 0.15) is 0 Å². The molecule has 8 heteroatoms. The Morgan fingerprint density at radius 1 is 0.565 bits per heavy atom. The van der Waals surface area contributed by atoms with Crippen LogP contribution in [-0.4, -0.2) is 58.8 Å². The molecule has 6 rings (SSSR count). The molecule has 2 aromatic heterocycles. The van der Waals surface area contributed by atoms with E-state index in [1.807, 2.05) is 99.0 Å². The van der Waals surface area contributed by atoms with Crippen molar-refractivity contribution in [3.63, 3.8) is 0 Å². The fourth-order valence-electron chi connectivity index (χ4n) is 5.31. The lowest BCUT2D eigenvalue weighted by Crippen LogP contribution is -2.28. The first kappa shape index (κ1) is 31.3. The molecule has 0 saturated heterocycles. The zero-order valence-corrected chi connectivity index (χ0v) is 27.4. The summed E-state index contributed by atoms with van der Waals surface area (Å²) in [6, 6.07) is 35.8. The maximum Gasteiger partial charge on any atom is 0.253 e. The highest BCUT2D eigenvalue weighted by atomic mass is 33.1. The topological polar surface area (TPSA) is 66.4 Å². The minimum atomic E-state index is -0.0354. The summed E-state index contributed by atoms with van der Waals surface area (Å²) in [5.74, 6) is -0.0708. The molecule has 0 fully saturated rings. The second kappa shape index (κ2) is 14.6. The largest absolute Gasteiger partial charge is 0.341 e. The number of benzene rings is 4. The molecular formula is C38H34N4O2S2. The maximum absolute atomic E-state index is 13.6. The number of carbonyl (C=O) groups is 2. The molecule has 6 aromatic rings. The number of fused-ring (bicyclic) bond motifs is 2. The van der Waals surface area contributed by atoms with Gasteiger partial charge in [0.05, 0.1) is 11.0 Å². The molecule has 0 spiro atoms. The fourth-order valence-corrected chi connectivity index (χ4v) is 7.64. The third-order valence-electron chi connectivity index (χ3n) is 7.91. The smallest absolute Gasteiger partial charge is 0.253 e. The standard InChI is InChI=1S/C38H34N4O2S2/c1-41(21-17-27-11-5-3-6-12-27)37(43)31-23-29-15-9-19-39-35(29)33(25-31)45-46-34-26-32(24-30-16-10-20-40-36(30)34)38(44)42(2)22-18-28-13-7-4-8-14-28/h3-16,19-20,23-26H,17-18,21-22H2,1-2H3. The number of pyridine rings is 2. The van der Waals surface area contributed by atoms with Crippen LogP contribution < -0.4 is 0 Å². The van der Waals surface area contributed by atoms with Crippen LogP contribution in [0, 0.1) is 0 Å². The van der Waals surface area contributed by atoms with Crippen molar-refractivity contribution in [2.45, 2.75) is 22.6 Å². The van der Waals surface area contributed by atoms with Gasteiger partial charge in [-0.1, -0.05) is 94.4 Å². The summed E-state index contributed by atoms with van der Waals surface area (Å²) in [6.45, 7) is 1.23. The van der Waals surface area contributed by atoms with Crippen molar-refractivity contribution in [1.29, 1.82) is 0 Å². The average Bonchev–Trinajstić information content (AvgIpc) is 3.11. The van der Waals surface area contributed by atoms with Crippen LogP contribution in [0.15, 0.2) is 131 Å². The minimum absolute atomic E-state index is 0.0354. The fraction of sp³-hybridized carbons (Fsp3) is 0.158. The van der Waals surface area contributed by atoms with E-state index in [0.717, 1.165) is 44.4 Å². The molecule has 0 aliphatic heterocycles. The predicted octanol–water partition coefficient (Wildman–Crippen LogP) is 8.21. The van der Waals surface area contributed by atoms with Crippen LogP contribution >= 0.6 is 21.6 Å². The normalized spacial score (nSPS) is 11.1. The summed E-state index contributed by atoms with van der Waals surface area (Å²) in [7, 11) is 6.74. The first-order valence-electron chi connectivity index (χ1n) is 15.2. The predicted molar refractivity (Wildman–Crippen MR) is 189 cm³/mol. The second-order valence-electron chi connectivity index (χ2n) is 11.2. The summed E-state index contributed by atoms with van der Waals surface area (Å²) >= 11 is 0. The number of aromatic nitrogens is 2. The molecule has 0 N–H and O–H groups in total. The van der Waals surface area contributed by atoms with Crippen molar-refractivity contribution in [1.82, 2.24) is 19.8 Å². The first-order chi connectivity index (χ1) is 22.5. The molecule has 0 aliphatic carbocycles. The Morgan fingerprint density at radius 3 is 1.39 bits per heavy atom. The lowest BCUT2D eigenvalue weighted by atomic mass is 10.1. The van der Waals surface area contributed by atoms with Crippen LogP contribution in [0.1, 0.15) is 31.8 Å². The van der Waals surface area contributed by atoms with E-state index >= 15 is 0 Å². The van der Waals surface area contributed by atoms with E-state index in [0.29, 0.717) is 24.2 Å². The van der Waals surface area contributed by atoms with Crippen molar-refractivity contribution in [2.75, 3.05) is 27.2 Å². The van der Waals surface area contributed by atoms with E-state index in [4.69, 9.17) is 0 Å². The van der Waals surface area contributed by atoms with Gasteiger partial charge in [0.25, 0.3) is 11.8 Å². The zero-order chi connectivity index (χ0) is 31.9. The SMILES string of the molecule is CN(CCc1ccccc1)C(=O)c1cc(SSc2cc(C(=O)N(C)CCc3ccccc3)cc3cccnc23)c2ncccc2c1. The van der Waals surface area contributed by atoms with Crippen molar-refractivity contribution < 1.29 is 9.59 Å². The van der Waals surface area contributed by atoms with E-state index in [-0.39, 0.29) is 11.8 Å². The van der Waals surface area contributed by atoms with Gasteiger partial charge in [0, 0.05) is 71.3 Å². The third kappa shape index (κ3) is 7.41. The maximum atomic E-state index is 13.6. The van der Waals surface area contributed by atoms with Gasteiger partial charge in [-0.3, -0.25) is 19.6 Å². The highest BCUT2D eigenvalue weighted by Crippen LogP contribution is 2.43. The quantitative estimate of drug-likeness (QED) is 0.133. The Kier molecular flexibility index (Phi) is 9.96. The zero-order valence-electron chi connectivity index (χ0n) is 25.8. The highest BCUT2D eigenvalue weighted by molar-refractivity contribution is 8.76. The van der Waals surface area contributed by atoms with Gasteiger partial charge in [-0.25, -0.2) is 0 Å². The van der Waals surface area contributed by atoms with Crippen molar-refractivity contribution >= 4 is 55.2 Å². The molecular weight excluding hydrogens is 609 g/mol. The molecule has 46 heavy (non-hydrogen) atoms. The summed E-state index contributed by atoms with van der Waals surface area (Å²) in [6.07, 6.45) is 5.11. The van der Waals surface area contributed by atoms with Crippen LogP contribution in [0.2, 0.25) is 0 Å². The molecule has 6 nitrogen and oxygen atoms in total. The number of amides is 2. The Morgan fingerprint density at radius 2 is 0.978 bits per heavy atom. The average molecular weight is 643 g/mol. The molecule has 0 atom stereocenters. The minimum Gasteiger partial charge on any atom is -0.341 e. The van der Waals surface area contributed by atoms with Crippen LogP contribution in [0.3, 0.4) is 0 Å². The van der Waals surface area contributed by atoms with Gasteiger partial charge in [-0.2, -0.15) is 0 Å². The van der Waals surface area contributed by atoms with Gasteiger partial charge in [0.15, 0.2) is 0 Å². The van der Waals surface area contributed by atoms with Crippen molar-refractivity contribution in [3.8, 4) is 0 Å². The van der Waals surface area contributed by atoms with Crippen LogP contribution in [0.5, 0.6) is 0 Å². The number of hydrogen-bond acceptors (Lipinski definition) is 6. The molecule has 0 aliphatic rings. The number of rotatable bonds is 11. The van der Waals surface area contributed by atoms with Crippen molar-refractivity contribution in [3.05, 3.63) is 144 Å². The second-order valence-corrected chi connectivity index (χ2v) is 13.4. The molecule has 0 bridgehead atoms. The van der Waals surface area contributed by atoms with E-state index in [1.165, 1.54) is 32.7 Å². The molecule has 2 amide bonds. The van der Waals surface area contributed by atoms with E-state index in [9.17, 15) is 9.59 Å². The summed E-state index contributed by atoms with van der Waals surface area (Å²) < 4.78 is 0. The molecule has 230 valence electrons. The number of likely N-dealkylation sites (N-methyl/N-ethyl adjacent to an activating group) is 2. The third-order valence-corrected chi connectivity index (χ3v) is 10.3. The molecule has 4 aromatic carbocycles. The Balaban J connectivity index is 1.24. The highest BCUT2D eigenvalue weighted by Gasteiger charge is 2.19. The lowest BCUT2D eigenvalue weighted by molar-refractivity contribution is 0.0789. The van der Waals surface area contributed by atoms with Gasteiger partial charge in [0.2, 0.25) is 0 Å². The number of hydrogen-bond donors (Lipinski definition) is 0.